The van der Waals surface area contributed by atoms with Crippen molar-refractivity contribution >= 4 is 23.6 Å². The van der Waals surface area contributed by atoms with Gasteiger partial charge in [0.05, 0.1) is 5.88 Å². The summed E-state index contributed by atoms with van der Waals surface area (Å²) in [5.74, 6) is 1.49. The summed E-state index contributed by atoms with van der Waals surface area (Å²) in [7, 11) is 0. The van der Waals surface area contributed by atoms with E-state index in [1.165, 1.54) is 0 Å². The molecular formula is C15H28N4O2S. The first-order valence-electron chi connectivity index (χ1n) is 8.30. The number of rotatable bonds is 7. The van der Waals surface area contributed by atoms with Crippen LogP contribution in [0.3, 0.4) is 0 Å². The van der Waals surface area contributed by atoms with E-state index < -0.39 is 0 Å². The molecule has 2 aliphatic rings. The van der Waals surface area contributed by atoms with Gasteiger partial charge < -0.3 is 20.4 Å². The molecule has 0 aliphatic carbocycles. The number of nitrogens with one attached hydrogen (secondary N) is 2. The van der Waals surface area contributed by atoms with E-state index in [-0.39, 0.29) is 17.9 Å². The van der Waals surface area contributed by atoms with E-state index in [2.05, 4.69) is 15.5 Å². The predicted octanol–water partition coefficient (Wildman–Crippen LogP) is 0.0995. The Morgan fingerprint density at radius 3 is 2.82 bits per heavy atom. The van der Waals surface area contributed by atoms with Gasteiger partial charge in [-0.15, -0.1) is 11.8 Å². The number of hydrogen-bond acceptors (Lipinski definition) is 5. The Kier molecular flexibility index (Phi) is 7.48. The lowest BCUT2D eigenvalue weighted by Gasteiger charge is -2.27. The molecule has 0 aromatic carbocycles. The fourth-order valence-corrected chi connectivity index (χ4v) is 4.01. The number of hydrogen-bond donors (Lipinski definition) is 2. The first-order valence-corrected chi connectivity index (χ1v) is 9.46. The molecule has 0 saturated carbocycles. The van der Waals surface area contributed by atoms with Crippen molar-refractivity contribution in [2.75, 3.05) is 50.9 Å². The Hall–Kier alpha value is -0.790. The van der Waals surface area contributed by atoms with E-state index in [0.717, 1.165) is 51.3 Å². The van der Waals surface area contributed by atoms with Crippen LogP contribution in [0.4, 0.5) is 0 Å². The summed E-state index contributed by atoms with van der Waals surface area (Å²) < 4.78 is 0. The van der Waals surface area contributed by atoms with Crippen molar-refractivity contribution < 1.29 is 9.59 Å². The van der Waals surface area contributed by atoms with Crippen LogP contribution in [0.15, 0.2) is 0 Å². The molecule has 0 aromatic heterocycles. The molecule has 0 spiro atoms. The minimum atomic E-state index is -0.275. The van der Waals surface area contributed by atoms with Crippen molar-refractivity contribution in [3.8, 4) is 0 Å². The normalized spacial score (nSPS) is 22.8. The molecular weight excluding hydrogens is 300 g/mol. The molecule has 126 valence electrons. The highest BCUT2D eigenvalue weighted by Gasteiger charge is 2.33. The van der Waals surface area contributed by atoms with Gasteiger partial charge >= 0.3 is 0 Å². The van der Waals surface area contributed by atoms with E-state index in [0.29, 0.717) is 18.8 Å². The van der Waals surface area contributed by atoms with Crippen LogP contribution in [-0.4, -0.2) is 78.6 Å². The van der Waals surface area contributed by atoms with Gasteiger partial charge in [-0.25, -0.2) is 0 Å². The van der Waals surface area contributed by atoms with E-state index in [9.17, 15) is 9.59 Å². The molecule has 22 heavy (non-hydrogen) atoms. The van der Waals surface area contributed by atoms with Crippen molar-refractivity contribution in [3.05, 3.63) is 0 Å². The van der Waals surface area contributed by atoms with Gasteiger partial charge in [0, 0.05) is 44.9 Å². The second kappa shape index (κ2) is 9.37. The third kappa shape index (κ3) is 5.14. The Morgan fingerprint density at radius 2 is 2.09 bits per heavy atom. The summed E-state index contributed by atoms with van der Waals surface area (Å²) in [4.78, 5) is 28.4. The average molecular weight is 328 g/mol. The van der Waals surface area contributed by atoms with Gasteiger partial charge in [-0.2, -0.15) is 0 Å². The Morgan fingerprint density at radius 1 is 1.32 bits per heavy atom. The lowest BCUT2D eigenvalue weighted by Crippen LogP contribution is -2.48. The van der Waals surface area contributed by atoms with Gasteiger partial charge in [0.2, 0.25) is 11.8 Å². The van der Waals surface area contributed by atoms with Crippen LogP contribution in [0.5, 0.6) is 0 Å². The van der Waals surface area contributed by atoms with Crippen LogP contribution in [0.1, 0.15) is 26.2 Å². The molecule has 1 atom stereocenters. The molecule has 2 aliphatic heterocycles. The van der Waals surface area contributed by atoms with Crippen LogP contribution >= 0.6 is 11.8 Å². The molecule has 2 saturated heterocycles. The molecule has 2 rings (SSSR count). The molecule has 2 fully saturated rings. The third-order valence-electron chi connectivity index (χ3n) is 4.13. The maximum absolute atomic E-state index is 12.3. The summed E-state index contributed by atoms with van der Waals surface area (Å²) in [6, 6.07) is -0.275. The first-order chi connectivity index (χ1) is 10.7. The topological polar surface area (TPSA) is 64.7 Å². The lowest BCUT2D eigenvalue weighted by molar-refractivity contribution is -0.138. The molecule has 0 bridgehead atoms. The third-order valence-corrected chi connectivity index (χ3v) is 5.14. The van der Waals surface area contributed by atoms with Gasteiger partial charge in [-0.3, -0.25) is 9.59 Å². The Labute approximate surface area is 137 Å². The fraction of sp³-hybridized carbons (Fsp3) is 0.867. The van der Waals surface area contributed by atoms with Crippen molar-refractivity contribution in [2.24, 2.45) is 0 Å². The molecule has 2 N–H and O–H groups in total. The highest BCUT2D eigenvalue weighted by atomic mass is 32.2. The zero-order valence-corrected chi connectivity index (χ0v) is 14.3. The fourth-order valence-electron chi connectivity index (χ4n) is 2.83. The second-order valence-corrected chi connectivity index (χ2v) is 6.87. The zero-order valence-electron chi connectivity index (χ0n) is 13.5. The summed E-state index contributed by atoms with van der Waals surface area (Å²) in [5.41, 5.74) is 0. The smallest absolute Gasteiger partial charge is 0.243 e. The van der Waals surface area contributed by atoms with Crippen LogP contribution in [-0.2, 0) is 9.59 Å². The van der Waals surface area contributed by atoms with Crippen molar-refractivity contribution in [2.45, 2.75) is 32.2 Å². The second-order valence-electron chi connectivity index (χ2n) is 5.87. The number of amides is 2. The van der Waals surface area contributed by atoms with Gasteiger partial charge in [-0.05, 0) is 19.4 Å². The van der Waals surface area contributed by atoms with E-state index in [1.54, 1.807) is 16.7 Å². The van der Waals surface area contributed by atoms with Gasteiger partial charge in [0.1, 0.15) is 6.04 Å². The maximum Gasteiger partial charge on any atom is 0.243 e. The van der Waals surface area contributed by atoms with Crippen molar-refractivity contribution in [1.29, 1.82) is 0 Å². The van der Waals surface area contributed by atoms with E-state index in [1.807, 2.05) is 6.92 Å². The monoisotopic (exact) mass is 328 g/mol. The standard InChI is InChI=1S/C15H28N4O2S/c1-2-4-14(20)19-12-22-11-13(19)15(21)17-5-3-8-18-9-6-16-7-10-18/h13,16H,2-12H2,1H3,(H,17,21). The molecule has 2 amide bonds. The highest BCUT2D eigenvalue weighted by Crippen LogP contribution is 2.22. The minimum Gasteiger partial charge on any atom is -0.354 e. The zero-order chi connectivity index (χ0) is 15.8. The number of carbonyl (C=O) groups excluding carboxylic acids is 2. The molecule has 0 aromatic rings. The maximum atomic E-state index is 12.3. The quantitative estimate of drug-likeness (QED) is 0.649. The first kappa shape index (κ1) is 17.6. The van der Waals surface area contributed by atoms with Gasteiger partial charge in [0.15, 0.2) is 0 Å². The summed E-state index contributed by atoms with van der Waals surface area (Å²) in [6.07, 6.45) is 2.33. The Bertz CT molecular complexity index is 375. The lowest BCUT2D eigenvalue weighted by atomic mass is 10.2. The average Bonchev–Trinajstić information content (AvgIpc) is 3.02. The molecule has 1 unspecified atom stereocenters. The highest BCUT2D eigenvalue weighted by molar-refractivity contribution is 7.99. The Balaban J connectivity index is 1.66. The number of carbonyl (C=O) groups is 2. The molecule has 2 heterocycles. The van der Waals surface area contributed by atoms with E-state index in [4.69, 9.17) is 0 Å². The minimum absolute atomic E-state index is 0.00904. The summed E-state index contributed by atoms with van der Waals surface area (Å²) in [6.45, 7) is 8.01. The number of piperazine rings is 1. The van der Waals surface area contributed by atoms with Crippen LogP contribution < -0.4 is 10.6 Å². The molecule has 6 nitrogen and oxygen atoms in total. The van der Waals surface area contributed by atoms with E-state index >= 15 is 0 Å². The van der Waals surface area contributed by atoms with Gasteiger partial charge in [-0.1, -0.05) is 6.92 Å². The van der Waals surface area contributed by atoms with Crippen molar-refractivity contribution in [3.63, 3.8) is 0 Å². The van der Waals surface area contributed by atoms with Crippen LogP contribution in [0.2, 0.25) is 0 Å². The van der Waals surface area contributed by atoms with Gasteiger partial charge in [0.25, 0.3) is 0 Å². The largest absolute Gasteiger partial charge is 0.354 e. The summed E-state index contributed by atoms with van der Waals surface area (Å²) in [5, 5.41) is 6.34. The molecule has 7 heteroatoms. The number of thioether (sulfide) groups is 1. The summed E-state index contributed by atoms with van der Waals surface area (Å²) >= 11 is 1.66. The predicted molar refractivity (Wildman–Crippen MR) is 89.8 cm³/mol. The number of nitrogens with zero attached hydrogens (tertiary/aromatic N) is 2. The van der Waals surface area contributed by atoms with Crippen molar-refractivity contribution in [1.82, 2.24) is 20.4 Å². The SMILES string of the molecule is CCCC(=O)N1CSCC1C(=O)NCCCN1CCNCC1. The van der Waals surface area contributed by atoms with Crippen LogP contribution in [0, 0.1) is 0 Å². The van der Waals surface area contributed by atoms with Crippen LogP contribution in [0.25, 0.3) is 0 Å². The molecule has 0 radical (unpaired) electrons.